The van der Waals surface area contributed by atoms with Gasteiger partial charge in [-0.1, -0.05) is 0 Å². The molecule has 0 aliphatic rings. The van der Waals surface area contributed by atoms with E-state index in [9.17, 15) is 0 Å². The van der Waals surface area contributed by atoms with Gasteiger partial charge in [0.05, 0.1) is 18.7 Å². The Morgan fingerprint density at radius 1 is 1.24 bits per heavy atom. The summed E-state index contributed by atoms with van der Waals surface area (Å²) in [5, 5.41) is 11.8. The molecule has 0 bridgehead atoms. The summed E-state index contributed by atoms with van der Waals surface area (Å²) in [7, 11) is 3.33. The van der Waals surface area contributed by atoms with Gasteiger partial charge in [0.25, 0.3) is 0 Å². The zero-order chi connectivity index (χ0) is 15.2. The van der Waals surface area contributed by atoms with Gasteiger partial charge in [0.1, 0.15) is 12.4 Å². The number of hydrogen-bond acceptors (Lipinski definition) is 6. The molecule has 1 aromatic heterocycles. The SMILES string of the molecule is CNc1cc(C)nc(COc2ccc(C#N)cc2OC)n1. The van der Waals surface area contributed by atoms with Gasteiger partial charge in [0.2, 0.25) is 0 Å². The van der Waals surface area contributed by atoms with Gasteiger partial charge in [-0.15, -0.1) is 0 Å². The highest BCUT2D eigenvalue weighted by atomic mass is 16.5. The molecule has 1 N–H and O–H groups in total. The molecule has 0 spiro atoms. The standard InChI is InChI=1S/C15H16N4O2/c1-10-6-14(17-2)19-15(18-10)9-21-12-5-4-11(8-16)7-13(12)20-3/h4-7H,9H2,1-3H3,(H,17,18,19). The van der Waals surface area contributed by atoms with Crippen molar-refractivity contribution >= 4 is 5.82 Å². The minimum absolute atomic E-state index is 0.221. The molecule has 6 nitrogen and oxygen atoms in total. The third-order valence-electron chi connectivity index (χ3n) is 2.81. The fraction of sp³-hybridized carbons (Fsp3) is 0.267. The van der Waals surface area contributed by atoms with E-state index < -0.39 is 0 Å². The topological polar surface area (TPSA) is 80.1 Å². The summed E-state index contributed by atoms with van der Waals surface area (Å²) in [6, 6.07) is 8.92. The monoisotopic (exact) mass is 284 g/mol. The lowest BCUT2D eigenvalue weighted by Crippen LogP contribution is -2.06. The van der Waals surface area contributed by atoms with Gasteiger partial charge in [-0.3, -0.25) is 0 Å². The lowest BCUT2D eigenvalue weighted by atomic mass is 10.2. The summed E-state index contributed by atoms with van der Waals surface area (Å²) in [5.74, 6) is 2.38. The predicted octanol–water partition coefficient (Wildman–Crippen LogP) is 2.29. The van der Waals surface area contributed by atoms with Gasteiger partial charge in [-0.25, -0.2) is 9.97 Å². The summed E-state index contributed by atoms with van der Waals surface area (Å²) in [5.41, 5.74) is 1.38. The highest BCUT2D eigenvalue weighted by Gasteiger charge is 2.08. The molecule has 0 saturated heterocycles. The first-order valence-corrected chi connectivity index (χ1v) is 6.39. The summed E-state index contributed by atoms with van der Waals surface area (Å²) in [4.78, 5) is 8.63. The molecule has 6 heteroatoms. The Morgan fingerprint density at radius 2 is 2.05 bits per heavy atom. The first-order chi connectivity index (χ1) is 10.2. The van der Waals surface area contributed by atoms with E-state index in [2.05, 4.69) is 21.4 Å². The summed E-state index contributed by atoms with van der Waals surface area (Å²) >= 11 is 0. The van der Waals surface area contributed by atoms with E-state index in [0.29, 0.717) is 22.9 Å². The van der Waals surface area contributed by atoms with Crippen LogP contribution in [-0.4, -0.2) is 24.1 Å². The van der Waals surface area contributed by atoms with Crippen LogP contribution in [0.3, 0.4) is 0 Å². The third kappa shape index (κ3) is 3.60. The van der Waals surface area contributed by atoms with Crippen LogP contribution in [0.15, 0.2) is 24.3 Å². The van der Waals surface area contributed by atoms with Gasteiger partial charge in [0.15, 0.2) is 17.3 Å². The van der Waals surface area contributed by atoms with E-state index >= 15 is 0 Å². The maximum Gasteiger partial charge on any atom is 0.168 e. The van der Waals surface area contributed by atoms with Crippen LogP contribution in [0.2, 0.25) is 0 Å². The van der Waals surface area contributed by atoms with Crippen LogP contribution in [-0.2, 0) is 6.61 Å². The number of rotatable bonds is 5. The van der Waals surface area contributed by atoms with Gasteiger partial charge in [-0.2, -0.15) is 5.26 Å². The van der Waals surface area contributed by atoms with Crippen LogP contribution in [0, 0.1) is 18.3 Å². The van der Waals surface area contributed by atoms with E-state index in [4.69, 9.17) is 14.7 Å². The van der Waals surface area contributed by atoms with E-state index in [1.807, 2.05) is 13.0 Å². The maximum absolute atomic E-state index is 8.87. The van der Waals surface area contributed by atoms with Gasteiger partial charge >= 0.3 is 0 Å². The zero-order valence-corrected chi connectivity index (χ0v) is 12.2. The smallest absolute Gasteiger partial charge is 0.168 e. The highest BCUT2D eigenvalue weighted by molar-refractivity contribution is 5.46. The molecule has 0 atom stereocenters. The Kier molecular flexibility index (Phi) is 4.57. The maximum atomic E-state index is 8.87. The molecule has 2 aromatic rings. The van der Waals surface area contributed by atoms with Gasteiger partial charge < -0.3 is 14.8 Å². The van der Waals surface area contributed by atoms with Crippen molar-refractivity contribution in [2.24, 2.45) is 0 Å². The fourth-order valence-corrected chi connectivity index (χ4v) is 1.82. The lowest BCUT2D eigenvalue weighted by Gasteiger charge is -2.11. The van der Waals surface area contributed by atoms with Crippen LogP contribution in [0.25, 0.3) is 0 Å². The second-order valence-corrected chi connectivity index (χ2v) is 4.33. The Balaban J connectivity index is 2.16. The number of nitrogens with zero attached hydrogens (tertiary/aromatic N) is 3. The molecule has 0 aliphatic carbocycles. The molecule has 0 amide bonds. The zero-order valence-electron chi connectivity index (χ0n) is 12.2. The number of nitriles is 1. The average Bonchev–Trinajstić information content (AvgIpc) is 2.52. The second kappa shape index (κ2) is 6.57. The molecule has 0 fully saturated rings. The van der Waals surface area contributed by atoms with Crippen LogP contribution in [0.1, 0.15) is 17.1 Å². The number of nitrogens with one attached hydrogen (secondary N) is 1. The molecule has 0 aliphatic heterocycles. The van der Waals surface area contributed by atoms with E-state index in [1.165, 1.54) is 7.11 Å². The van der Waals surface area contributed by atoms with E-state index in [-0.39, 0.29) is 6.61 Å². The highest BCUT2D eigenvalue weighted by Crippen LogP contribution is 2.28. The Bertz CT molecular complexity index is 680. The number of aryl methyl sites for hydroxylation is 1. The van der Waals surface area contributed by atoms with Crippen molar-refractivity contribution in [3.8, 4) is 17.6 Å². The van der Waals surface area contributed by atoms with Crippen LogP contribution in [0.4, 0.5) is 5.82 Å². The number of methoxy groups -OCH3 is 1. The number of anilines is 1. The van der Waals surface area contributed by atoms with Crippen molar-refractivity contribution < 1.29 is 9.47 Å². The average molecular weight is 284 g/mol. The molecule has 0 radical (unpaired) electrons. The summed E-state index contributed by atoms with van der Waals surface area (Å²) in [6.07, 6.45) is 0. The van der Waals surface area contributed by atoms with Gasteiger partial charge in [-0.05, 0) is 19.1 Å². The van der Waals surface area contributed by atoms with E-state index in [1.54, 1.807) is 25.2 Å². The molecule has 1 heterocycles. The molecule has 108 valence electrons. The Labute approximate surface area is 123 Å². The first-order valence-electron chi connectivity index (χ1n) is 6.39. The summed E-state index contributed by atoms with van der Waals surface area (Å²) in [6.45, 7) is 2.12. The van der Waals surface area contributed by atoms with Crippen molar-refractivity contribution in [2.45, 2.75) is 13.5 Å². The third-order valence-corrected chi connectivity index (χ3v) is 2.81. The molecule has 21 heavy (non-hydrogen) atoms. The molecule has 2 rings (SSSR count). The second-order valence-electron chi connectivity index (χ2n) is 4.33. The Morgan fingerprint density at radius 3 is 2.71 bits per heavy atom. The number of ether oxygens (including phenoxy) is 2. The fourth-order valence-electron chi connectivity index (χ4n) is 1.82. The van der Waals surface area contributed by atoms with Crippen molar-refractivity contribution in [1.29, 1.82) is 5.26 Å². The molecular weight excluding hydrogens is 268 g/mol. The quantitative estimate of drug-likeness (QED) is 0.907. The van der Waals surface area contributed by atoms with Gasteiger partial charge in [0, 0.05) is 24.9 Å². The van der Waals surface area contributed by atoms with E-state index in [0.717, 1.165) is 11.5 Å². The predicted molar refractivity (Wildman–Crippen MR) is 78.4 cm³/mol. The molecular formula is C15H16N4O2. The van der Waals surface area contributed by atoms with Crippen LogP contribution in [0.5, 0.6) is 11.5 Å². The minimum Gasteiger partial charge on any atom is -0.493 e. The molecule has 0 unspecified atom stereocenters. The Hall–Kier alpha value is -2.81. The van der Waals surface area contributed by atoms with Crippen molar-refractivity contribution in [3.63, 3.8) is 0 Å². The summed E-state index contributed by atoms with van der Waals surface area (Å²) < 4.78 is 10.9. The van der Waals surface area contributed by atoms with Crippen molar-refractivity contribution in [2.75, 3.05) is 19.5 Å². The molecule has 1 aromatic carbocycles. The van der Waals surface area contributed by atoms with Crippen LogP contribution < -0.4 is 14.8 Å². The number of hydrogen-bond donors (Lipinski definition) is 1. The number of benzene rings is 1. The van der Waals surface area contributed by atoms with Crippen molar-refractivity contribution in [1.82, 2.24) is 9.97 Å². The first kappa shape index (κ1) is 14.6. The number of aromatic nitrogens is 2. The minimum atomic E-state index is 0.221. The molecule has 0 saturated carbocycles. The lowest BCUT2D eigenvalue weighted by molar-refractivity contribution is 0.276. The largest absolute Gasteiger partial charge is 0.493 e. The van der Waals surface area contributed by atoms with Crippen molar-refractivity contribution in [3.05, 3.63) is 41.3 Å². The normalized spacial score (nSPS) is 9.81. The van der Waals surface area contributed by atoms with Crippen LogP contribution >= 0.6 is 0 Å².